The number of nitrogens with two attached hydrogens (primary N) is 1. The Bertz CT molecular complexity index is 624. The first-order valence-corrected chi connectivity index (χ1v) is 7.17. The number of rotatable bonds is 5. The maximum Gasteiger partial charge on any atom is 0.241 e. The van der Waals surface area contributed by atoms with Gasteiger partial charge in [-0.15, -0.1) is 0 Å². The summed E-state index contributed by atoms with van der Waals surface area (Å²) in [6.07, 6.45) is 3.03. The van der Waals surface area contributed by atoms with Gasteiger partial charge in [-0.3, -0.25) is 4.79 Å². The summed E-state index contributed by atoms with van der Waals surface area (Å²) < 4.78 is 6.77. The van der Waals surface area contributed by atoms with Gasteiger partial charge in [-0.2, -0.15) is 0 Å². The maximum atomic E-state index is 10.7. The van der Waals surface area contributed by atoms with Crippen LogP contribution < -0.4 is 10.5 Å². The van der Waals surface area contributed by atoms with Gasteiger partial charge in [-0.25, -0.2) is 0 Å². The van der Waals surface area contributed by atoms with Crippen LogP contribution in [0.1, 0.15) is 11.1 Å². The molecule has 0 aliphatic carbocycles. The minimum absolute atomic E-state index is 0.454. The minimum atomic E-state index is -0.454. The minimum Gasteiger partial charge on any atom is -0.488 e. The average Bonchev–Trinajstić information content (AvgIpc) is 2.45. The van der Waals surface area contributed by atoms with Gasteiger partial charge in [0.15, 0.2) is 0 Å². The van der Waals surface area contributed by atoms with Crippen molar-refractivity contribution in [1.82, 2.24) is 0 Å². The van der Waals surface area contributed by atoms with Gasteiger partial charge in [-0.1, -0.05) is 36.4 Å². The molecule has 0 saturated carbocycles. The summed E-state index contributed by atoms with van der Waals surface area (Å²) in [5.41, 5.74) is 7.11. The summed E-state index contributed by atoms with van der Waals surface area (Å²) in [6, 6.07) is 15.7. The Morgan fingerprint density at radius 2 is 1.95 bits per heavy atom. The van der Waals surface area contributed by atoms with Crippen LogP contribution in [0.5, 0.6) is 5.75 Å². The maximum absolute atomic E-state index is 10.7. The van der Waals surface area contributed by atoms with E-state index in [2.05, 4.69) is 22.6 Å². The van der Waals surface area contributed by atoms with Crippen molar-refractivity contribution < 1.29 is 9.53 Å². The van der Waals surface area contributed by atoms with Gasteiger partial charge in [-0.05, 0) is 51.9 Å². The highest BCUT2D eigenvalue weighted by atomic mass is 127. The third-order valence-corrected chi connectivity index (χ3v) is 3.48. The van der Waals surface area contributed by atoms with Crippen molar-refractivity contribution in [2.45, 2.75) is 6.61 Å². The second-order valence-corrected chi connectivity index (χ2v) is 5.36. The molecule has 4 heteroatoms. The predicted molar refractivity (Wildman–Crippen MR) is 88.2 cm³/mol. The Labute approximate surface area is 131 Å². The smallest absolute Gasteiger partial charge is 0.241 e. The van der Waals surface area contributed by atoms with Crippen molar-refractivity contribution in [3.05, 3.63) is 69.3 Å². The van der Waals surface area contributed by atoms with E-state index in [9.17, 15) is 4.79 Å². The first-order valence-electron chi connectivity index (χ1n) is 6.09. The molecule has 0 aliphatic heterocycles. The van der Waals surface area contributed by atoms with E-state index in [4.69, 9.17) is 10.5 Å². The van der Waals surface area contributed by atoms with Crippen LogP contribution in [0.3, 0.4) is 0 Å². The summed E-state index contributed by atoms with van der Waals surface area (Å²) in [4.78, 5) is 10.7. The van der Waals surface area contributed by atoms with E-state index >= 15 is 0 Å². The summed E-state index contributed by atoms with van der Waals surface area (Å²) in [6.45, 7) is 0.535. The topological polar surface area (TPSA) is 52.3 Å². The van der Waals surface area contributed by atoms with Gasteiger partial charge in [0.05, 0.1) is 3.57 Å². The largest absolute Gasteiger partial charge is 0.488 e. The van der Waals surface area contributed by atoms with E-state index in [1.54, 1.807) is 6.08 Å². The summed E-state index contributed by atoms with van der Waals surface area (Å²) in [7, 11) is 0. The Morgan fingerprint density at radius 3 is 2.60 bits per heavy atom. The lowest BCUT2D eigenvalue weighted by atomic mass is 10.2. The highest BCUT2D eigenvalue weighted by Gasteiger charge is 2.02. The molecule has 0 spiro atoms. The lowest BCUT2D eigenvalue weighted by molar-refractivity contribution is -0.113. The molecule has 2 rings (SSSR count). The molecule has 0 bridgehead atoms. The van der Waals surface area contributed by atoms with E-state index in [0.717, 1.165) is 20.4 Å². The van der Waals surface area contributed by atoms with Crippen LogP contribution in [0.2, 0.25) is 0 Å². The van der Waals surface area contributed by atoms with Crippen LogP contribution in [0.25, 0.3) is 6.08 Å². The first kappa shape index (κ1) is 14.6. The molecule has 20 heavy (non-hydrogen) atoms. The number of hydrogen-bond donors (Lipinski definition) is 1. The van der Waals surface area contributed by atoms with Crippen LogP contribution in [0.15, 0.2) is 54.6 Å². The number of amides is 1. The van der Waals surface area contributed by atoms with Gasteiger partial charge >= 0.3 is 0 Å². The first-order chi connectivity index (χ1) is 9.65. The van der Waals surface area contributed by atoms with Crippen LogP contribution in [0, 0.1) is 3.57 Å². The quantitative estimate of drug-likeness (QED) is 0.640. The number of carbonyl (C=O) groups is 1. The second-order valence-electron chi connectivity index (χ2n) is 4.20. The summed E-state index contributed by atoms with van der Waals surface area (Å²) in [5.74, 6) is 0.370. The molecule has 102 valence electrons. The van der Waals surface area contributed by atoms with Crippen molar-refractivity contribution in [1.29, 1.82) is 0 Å². The lowest BCUT2D eigenvalue weighted by Crippen LogP contribution is -2.05. The van der Waals surface area contributed by atoms with Crippen molar-refractivity contribution in [3.63, 3.8) is 0 Å². The van der Waals surface area contributed by atoms with E-state index in [0.29, 0.717) is 6.61 Å². The van der Waals surface area contributed by atoms with Crippen molar-refractivity contribution in [3.8, 4) is 5.75 Å². The lowest BCUT2D eigenvalue weighted by Gasteiger charge is -2.09. The van der Waals surface area contributed by atoms with Crippen molar-refractivity contribution in [2.75, 3.05) is 0 Å². The van der Waals surface area contributed by atoms with Gasteiger partial charge in [0, 0.05) is 6.08 Å². The molecule has 2 aromatic carbocycles. The van der Waals surface area contributed by atoms with Gasteiger partial charge in [0.25, 0.3) is 0 Å². The van der Waals surface area contributed by atoms with Crippen LogP contribution in [-0.4, -0.2) is 5.91 Å². The Hall–Kier alpha value is -1.82. The molecule has 3 nitrogen and oxygen atoms in total. The summed E-state index contributed by atoms with van der Waals surface area (Å²) >= 11 is 2.21. The van der Waals surface area contributed by atoms with Crippen LogP contribution in [0.4, 0.5) is 0 Å². The molecule has 0 aromatic heterocycles. The zero-order chi connectivity index (χ0) is 14.4. The van der Waals surface area contributed by atoms with Crippen molar-refractivity contribution >= 4 is 34.6 Å². The number of primary amides is 1. The Balaban J connectivity index is 2.04. The average molecular weight is 379 g/mol. The number of benzene rings is 2. The van der Waals surface area contributed by atoms with E-state index < -0.39 is 5.91 Å². The zero-order valence-corrected chi connectivity index (χ0v) is 12.9. The molecule has 0 radical (unpaired) electrons. The fourth-order valence-corrected chi connectivity index (χ4v) is 2.35. The molecule has 0 fully saturated rings. The van der Waals surface area contributed by atoms with Gasteiger partial charge in [0.2, 0.25) is 5.91 Å². The molecule has 0 atom stereocenters. The van der Waals surface area contributed by atoms with Gasteiger partial charge in [0.1, 0.15) is 12.4 Å². The molecule has 0 heterocycles. The Morgan fingerprint density at radius 1 is 1.20 bits per heavy atom. The summed E-state index contributed by atoms with van der Waals surface area (Å²) in [5, 5.41) is 0. The van der Waals surface area contributed by atoms with Crippen molar-refractivity contribution in [2.24, 2.45) is 5.73 Å². The van der Waals surface area contributed by atoms with E-state index in [1.807, 2.05) is 48.5 Å². The normalized spacial score (nSPS) is 10.7. The third-order valence-electron chi connectivity index (χ3n) is 2.63. The predicted octanol–water partition coefficient (Wildman–Crippen LogP) is 3.37. The molecule has 1 amide bonds. The number of hydrogen-bond acceptors (Lipinski definition) is 2. The highest BCUT2D eigenvalue weighted by molar-refractivity contribution is 14.1. The molecule has 2 N–H and O–H groups in total. The SMILES string of the molecule is NC(=O)/C=C/c1ccc(OCc2ccccc2)c(I)c1. The zero-order valence-electron chi connectivity index (χ0n) is 10.8. The highest BCUT2D eigenvalue weighted by Crippen LogP contribution is 2.23. The standard InChI is InChI=1S/C16H14INO2/c17-14-10-12(7-9-16(18)19)6-8-15(14)20-11-13-4-2-1-3-5-13/h1-10H,11H2,(H2,18,19)/b9-7+. The van der Waals surface area contributed by atoms with Crippen LogP contribution >= 0.6 is 22.6 Å². The molecular formula is C16H14INO2. The second kappa shape index (κ2) is 7.09. The molecule has 0 unspecified atom stereocenters. The fourth-order valence-electron chi connectivity index (χ4n) is 1.65. The Kier molecular flexibility index (Phi) is 5.17. The monoisotopic (exact) mass is 379 g/mol. The molecular weight excluding hydrogens is 365 g/mol. The van der Waals surface area contributed by atoms with Crippen LogP contribution in [-0.2, 0) is 11.4 Å². The van der Waals surface area contributed by atoms with Gasteiger partial charge < -0.3 is 10.5 Å². The fraction of sp³-hybridized carbons (Fsp3) is 0.0625. The van der Waals surface area contributed by atoms with E-state index in [1.165, 1.54) is 6.08 Å². The molecule has 0 aliphatic rings. The number of ether oxygens (including phenoxy) is 1. The molecule has 0 saturated heterocycles. The number of carbonyl (C=O) groups excluding carboxylic acids is 1. The molecule has 2 aromatic rings. The van der Waals surface area contributed by atoms with E-state index in [-0.39, 0.29) is 0 Å². The third kappa shape index (κ3) is 4.38. The number of halogens is 1.